The highest BCUT2D eigenvalue weighted by molar-refractivity contribution is 6.10. The number of hydrogen-bond donors (Lipinski definition) is 4. The molecule has 18 bridgehead atoms. The molecule has 6 heteroatoms. The number of methoxy groups -OCH3 is 2. The molecule has 0 saturated carbocycles. The van der Waals surface area contributed by atoms with E-state index in [4.69, 9.17) is 9.47 Å². The average Bonchev–Trinajstić information content (AvgIpc) is 3.42. The first-order chi connectivity index (χ1) is 33.9. The van der Waals surface area contributed by atoms with Crippen LogP contribution in [0.3, 0.4) is 0 Å². The summed E-state index contributed by atoms with van der Waals surface area (Å²) in [6.07, 6.45) is 13.2. The van der Waals surface area contributed by atoms with Crippen LogP contribution in [0, 0.1) is 0 Å². The molecule has 9 aromatic carbocycles. The minimum atomic E-state index is -1.55. The smallest absolute Gasteiger partial charge is 0.127 e. The quantitative estimate of drug-likeness (QED) is 0.129. The van der Waals surface area contributed by atoms with Crippen LogP contribution in [0.5, 0.6) is 11.5 Å². The Hall–Kier alpha value is -8.10. The zero-order chi connectivity index (χ0) is 47.8. The summed E-state index contributed by atoms with van der Waals surface area (Å²) in [5.74, 6) is 1.18. The molecule has 9 aromatic rings. The topological polar surface area (TPSA) is 99.4 Å². The number of ether oxygens (including phenoxy) is 2. The maximum atomic E-state index is 12.3. The first kappa shape index (κ1) is 43.2. The number of hydrogen-bond acceptors (Lipinski definition) is 6. The van der Waals surface area contributed by atoms with E-state index in [-0.39, 0.29) is 0 Å². The Morgan fingerprint density at radius 2 is 0.486 bits per heavy atom. The number of aliphatic hydroxyl groups is 4. The monoisotopic (exact) mass is 912 g/mol. The molecule has 70 heavy (non-hydrogen) atoms. The summed E-state index contributed by atoms with van der Waals surface area (Å²) < 4.78 is 12.2. The van der Waals surface area contributed by atoms with E-state index < -0.39 is 22.4 Å². The van der Waals surface area contributed by atoms with Crippen LogP contribution in [0.1, 0.15) is 22.3 Å². The van der Waals surface area contributed by atoms with E-state index in [0.717, 1.165) is 77.2 Å². The van der Waals surface area contributed by atoms with Gasteiger partial charge in [0.25, 0.3) is 0 Å². The minimum absolute atomic E-state index is 0.592. The summed E-state index contributed by atoms with van der Waals surface area (Å²) in [5, 5.41) is 52.1. The lowest BCUT2D eigenvalue weighted by Gasteiger charge is -2.32. The molecule has 0 spiro atoms. The van der Waals surface area contributed by atoms with Crippen molar-refractivity contribution in [3.8, 4) is 67.1 Å². The molecular weight excluding hydrogens is 865 g/mol. The Balaban J connectivity index is 0.985. The van der Waals surface area contributed by atoms with E-state index >= 15 is 0 Å². The summed E-state index contributed by atoms with van der Waals surface area (Å²) in [6.45, 7) is 0. The lowest BCUT2D eigenvalue weighted by molar-refractivity contribution is 0.106. The van der Waals surface area contributed by atoms with Gasteiger partial charge < -0.3 is 29.9 Å². The van der Waals surface area contributed by atoms with Crippen LogP contribution in [-0.2, 0) is 22.4 Å². The third-order valence-corrected chi connectivity index (χ3v) is 14.6. The van der Waals surface area contributed by atoms with E-state index in [2.05, 4.69) is 72.8 Å². The Kier molecular flexibility index (Phi) is 10.0. The third kappa shape index (κ3) is 7.20. The van der Waals surface area contributed by atoms with Crippen molar-refractivity contribution in [2.75, 3.05) is 14.2 Å². The highest BCUT2D eigenvalue weighted by atomic mass is 16.5. The Bertz CT molecular complexity index is 3370. The molecule has 0 saturated heterocycles. The Morgan fingerprint density at radius 1 is 0.271 bits per heavy atom. The fourth-order valence-electron chi connectivity index (χ4n) is 10.4. The van der Waals surface area contributed by atoms with Crippen LogP contribution in [-0.4, -0.2) is 34.6 Å². The van der Waals surface area contributed by atoms with Gasteiger partial charge in [-0.2, -0.15) is 0 Å². The highest BCUT2D eigenvalue weighted by Crippen LogP contribution is 2.48. The maximum absolute atomic E-state index is 12.3. The molecule has 15 aliphatic carbocycles. The fraction of sp³-hybridized carbons (Fsp3) is 0.0938. The normalized spacial score (nSPS) is 21.9. The summed E-state index contributed by atoms with van der Waals surface area (Å²) in [6, 6.07) is 60.8. The minimum Gasteiger partial charge on any atom is -0.496 e. The molecule has 24 rings (SSSR count). The van der Waals surface area contributed by atoms with E-state index in [9.17, 15) is 20.4 Å². The van der Waals surface area contributed by atoms with E-state index in [0.29, 0.717) is 33.8 Å². The lowest BCUT2D eigenvalue weighted by Crippen LogP contribution is -2.30. The first-order valence-corrected chi connectivity index (χ1v) is 23.4. The molecule has 6 nitrogen and oxygen atoms in total. The molecule has 0 aliphatic heterocycles. The van der Waals surface area contributed by atoms with Gasteiger partial charge in [-0.15, -0.1) is 0 Å². The van der Waals surface area contributed by atoms with Crippen molar-refractivity contribution in [2.24, 2.45) is 0 Å². The van der Waals surface area contributed by atoms with Gasteiger partial charge in [0.2, 0.25) is 0 Å². The van der Waals surface area contributed by atoms with Crippen molar-refractivity contribution in [2.45, 2.75) is 22.4 Å². The second-order valence-electron chi connectivity index (χ2n) is 18.7. The molecular formula is C64H48O6. The summed E-state index contributed by atoms with van der Waals surface area (Å²) in [4.78, 5) is 0. The molecule has 0 fully saturated rings. The summed E-state index contributed by atoms with van der Waals surface area (Å²) >= 11 is 0. The molecule has 0 radical (unpaired) electrons. The molecule has 4 N–H and O–H groups in total. The number of benzene rings is 9. The van der Waals surface area contributed by atoms with Gasteiger partial charge in [-0.3, -0.25) is 0 Å². The van der Waals surface area contributed by atoms with Crippen molar-refractivity contribution >= 4 is 21.5 Å². The van der Waals surface area contributed by atoms with Gasteiger partial charge in [0.1, 0.15) is 33.9 Å². The zero-order valence-electron chi connectivity index (χ0n) is 38.5. The van der Waals surface area contributed by atoms with Crippen LogP contribution in [0.2, 0.25) is 0 Å². The number of rotatable bonds is 2. The van der Waals surface area contributed by atoms with Crippen LogP contribution in [0.4, 0.5) is 0 Å². The summed E-state index contributed by atoms with van der Waals surface area (Å²) in [5.41, 5.74) is 6.65. The van der Waals surface area contributed by atoms with Gasteiger partial charge in [0, 0.05) is 11.1 Å². The van der Waals surface area contributed by atoms with Crippen LogP contribution in [0.15, 0.2) is 231 Å². The molecule has 0 unspecified atom stereocenters. The largest absolute Gasteiger partial charge is 0.496 e. The summed E-state index contributed by atoms with van der Waals surface area (Å²) in [7, 11) is 3.26. The molecule has 15 aliphatic rings. The fourth-order valence-corrected chi connectivity index (χ4v) is 10.4. The van der Waals surface area contributed by atoms with Gasteiger partial charge in [-0.25, -0.2) is 0 Å². The van der Waals surface area contributed by atoms with Crippen molar-refractivity contribution in [1.29, 1.82) is 0 Å². The number of fused-ring (bicyclic) bond motifs is 1. The van der Waals surface area contributed by atoms with Crippen molar-refractivity contribution in [1.82, 2.24) is 0 Å². The van der Waals surface area contributed by atoms with Crippen LogP contribution < -0.4 is 9.47 Å². The molecule has 0 aromatic heterocycles. The van der Waals surface area contributed by atoms with E-state index in [1.54, 1.807) is 62.8 Å². The van der Waals surface area contributed by atoms with Crippen molar-refractivity contribution in [3.05, 3.63) is 253 Å². The average molecular weight is 913 g/mol. The van der Waals surface area contributed by atoms with Crippen molar-refractivity contribution < 1.29 is 29.9 Å². The van der Waals surface area contributed by atoms with E-state index in [1.165, 1.54) is 0 Å². The molecule has 0 amide bonds. The van der Waals surface area contributed by atoms with Gasteiger partial charge in [-0.1, -0.05) is 158 Å². The second-order valence-corrected chi connectivity index (χ2v) is 18.7. The predicted octanol–water partition coefficient (Wildman–Crippen LogP) is 13.1. The Labute approximate surface area is 406 Å². The van der Waals surface area contributed by atoms with Gasteiger partial charge in [-0.05, 0) is 161 Å². The van der Waals surface area contributed by atoms with Gasteiger partial charge >= 0.3 is 0 Å². The second kappa shape index (κ2) is 16.3. The molecule has 0 atom stereocenters. The Morgan fingerprint density at radius 3 is 0.743 bits per heavy atom. The maximum Gasteiger partial charge on any atom is 0.127 e. The highest BCUT2D eigenvalue weighted by Gasteiger charge is 2.36. The van der Waals surface area contributed by atoms with Gasteiger partial charge in [0.15, 0.2) is 0 Å². The van der Waals surface area contributed by atoms with Crippen LogP contribution in [0.25, 0.3) is 77.2 Å². The lowest BCUT2D eigenvalue weighted by atomic mass is 9.80. The first-order valence-electron chi connectivity index (χ1n) is 23.4. The zero-order valence-corrected chi connectivity index (χ0v) is 38.5. The third-order valence-electron chi connectivity index (χ3n) is 14.6. The van der Waals surface area contributed by atoms with Crippen molar-refractivity contribution in [3.63, 3.8) is 0 Å². The SMILES string of the molecule is COc1ccc2ccc3cc2c1-c1c(OC)ccc2ccc(cc12)C1(O)C=CC(O)(C=C1)c1ccc(cc1)-c1ccc(cc1)-c1ccc(cc1)-c1ccc(cc1)-c1ccc(cc1)C1(O)C=CC3(O)C=C1. The van der Waals surface area contributed by atoms with E-state index in [1.807, 2.05) is 109 Å². The molecule has 340 valence electrons. The van der Waals surface area contributed by atoms with Crippen LogP contribution >= 0.6 is 0 Å². The van der Waals surface area contributed by atoms with Gasteiger partial charge in [0.05, 0.1) is 14.2 Å². The predicted molar refractivity (Wildman–Crippen MR) is 280 cm³/mol. The molecule has 0 heterocycles. The standard InChI is InChI=1S/C64H48O6/c1-69-57-29-21-49-19-27-53-39-55(49)59(57)60-56-40-54(28-20-50(56)22-30-58(60)70-2)64(68)37-33-62(66,34-38-64)52-25-17-48(18-26-52)46-13-9-44(10-14-46)42-5-3-41(4-6-42)43-7-11-45(12-8-43)47-15-23-51(24-16-47)61(65)31-35-63(53,67)36-32-61/h3-40,65-68H,1-2H3.